The summed E-state index contributed by atoms with van der Waals surface area (Å²) in [7, 11) is -3.62. The van der Waals surface area contributed by atoms with Gasteiger partial charge in [-0.15, -0.1) is 0 Å². The van der Waals surface area contributed by atoms with Crippen molar-refractivity contribution in [2.75, 3.05) is 13.1 Å². The van der Waals surface area contributed by atoms with Crippen LogP contribution in [0.15, 0.2) is 47.6 Å². The van der Waals surface area contributed by atoms with Gasteiger partial charge in [0.1, 0.15) is 0 Å². The standard InChI is InChI=1S/C18H20ClN3O3S/c19-17-5-4-15(26(24,25)22-10-2-1-3-11-22)12-16(17)18(23)21-13-14-6-8-20-9-7-14/h4-9,12H,1-3,10-11,13H2,(H,21,23). The molecule has 1 aromatic heterocycles. The number of carbonyl (C=O) groups excluding carboxylic acids is 1. The van der Waals surface area contributed by atoms with Gasteiger partial charge in [0.2, 0.25) is 10.0 Å². The average Bonchev–Trinajstić information content (AvgIpc) is 2.68. The number of hydrogen-bond acceptors (Lipinski definition) is 4. The highest BCUT2D eigenvalue weighted by Gasteiger charge is 2.27. The normalized spacial score (nSPS) is 15.6. The maximum atomic E-state index is 12.8. The highest BCUT2D eigenvalue weighted by molar-refractivity contribution is 7.89. The lowest BCUT2D eigenvalue weighted by atomic mass is 10.2. The molecule has 2 aromatic rings. The third-order valence-electron chi connectivity index (χ3n) is 4.34. The first-order chi connectivity index (χ1) is 12.5. The number of rotatable bonds is 5. The van der Waals surface area contributed by atoms with E-state index in [-0.39, 0.29) is 15.5 Å². The van der Waals surface area contributed by atoms with Crippen LogP contribution < -0.4 is 5.32 Å². The van der Waals surface area contributed by atoms with Crippen molar-refractivity contribution in [3.05, 3.63) is 58.9 Å². The smallest absolute Gasteiger partial charge is 0.253 e. The molecule has 1 fully saturated rings. The van der Waals surface area contributed by atoms with Crippen LogP contribution in [0.2, 0.25) is 5.02 Å². The Bertz CT molecular complexity index is 882. The number of piperidine rings is 1. The summed E-state index contributed by atoms with van der Waals surface area (Å²) in [6.07, 6.45) is 6.02. The first-order valence-electron chi connectivity index (χ1n) is 8.45. The predicted octanol–water partition coefficient (Wildman–Crippen LogP) is 2.84. The number of halogens is 1. The molecule has 0 unspecified atom stereocenters. The maximum Gasteiger partial charge on any atom is 0.253 e. The molecule has 6 nitrogen and oxygen atoms in total. The third-order valence-corrected chi connectivity index (χ3v) is 6.56. The molecule has 138 valence electrons. The van der Waals surface area contributed by atoms with Crippen molar-refractivity contribution in [3.63, 3.8) is 0 Å². The average molecular weight is 394 g/mol. The van der Waals surface area contributed by atoms with Crippen molar-refractivity contribution < 1.29 is 13.2 Å². The molecule has 0 radical (unpaired) electrons. The molecule has 0 aliphatic carbocycles. The van der Waals surface area contributed by atoms with Crippen LogP contribution in [0.4, 0.5) is 0 Å². The van der Waals surface area contributed by atoms with E-state index in [1.165, 1.54) is 22.5 Å². The fraction of sp³-hybridized carbons (Fsp3) is 0.333. The zero-order valence-corrected chi connectivity index (χ0v) is 15.8. The highest BCUT2D eigenvalue weighted by Crippen LogP contribution is 2.25. The summed E-state index contributed by atoms with van der Waals surface area (Å²) in [6, 6.07) is 7.85. The van der Waals surface area contributed by atoms with E-state index in [4.69, 9.17) is 11.6 Å². The fourth-order valence-electron chi connectivity index (χ4n) is 2.87. The number of hydrogen-bond donors (Lipinski definition) is 1. The van der Waals surface area contributed by atoms with Crippen molar-refractivity contribution in [2.24, 2.45) is 0 Å². The van der Waals surface area contributed by atoms with E-state index >= 15 is 0 Å². The monoisotopic (exact) mass is 393 g/mol. The Hall–Kier alpha value is -1.96. The van der Waals surface area contributed by atoms with Crippen molar-refractivity contribution in [1.29, 1.82) is 0 Å². The van der Waals surface area contributed by atoms with Crippen LogP contribution in [0.5, 0.6) is 0 Å². The second-order valence-corrected chi connectivity index (χ2v) is 8.49. The van der Waals surface area contributed by atoms with Crippen molar-refractivity contribution in [2.45, 2.75) is 30.7 Å². The van der Waals surface area contributed by atoms with Crippen LogP contribution in [-0.4, -0.2) is 36.7 Å². The van der Waals surface area contributed by atoms with Crippen LogP contribution in [-0.2, 0) is 16.6 Å². The largest absolute Gasteiger partial charge is 0.348 e. The lowest BCUT2D eigenvalue weighted by Crippen LogP contribution is -2.35. The van der Waals surface area contributed by atoms with Gasteiger partial charge in [-0.05, 0) is 48.7 Å². The van der Waals surface area contributed by atoms with E-state index in [2.05, 4.69) is 10.3 Å². The number of benzene rings is 1. The van der Waals surface area contributed by atoms with Gasteiger partial charge in [0, 0.05) is 32.0 Å². The summed E-state index contributed by atoms with van der Waals surface area (Å²) >= 11 is 6.13. The second-order valence-electron chi connectivity index (χ2n) is 6.14. The van der Waals surface area contributed by atoms with Crippen LogP contribution in [0.3, 0.4) is 0 Å². The molecule has 0 atom stereocenters. The molecule has 1 aliphatic rings. The van der Waals surface area contributed by atoms with Crippen LogP contribution in [0, 0.1) is 0 Å². The molecule has 1 aromatic carbocycles. The molecular formula is C18H20ClN3O3S. The number of amides is 1. The molecule has 1 amide bonds. The Kier molecular flexibility index (Phi) is 5.90. The molecule has 0 spiro atoms. The molecule has 3 rings (SSSR count). The van der Waals surface area contributed by atoms with Crippen LogP contribution in [0.1, 0.15) is 35.2 Å². The van der Waals surface area contributed by atoms with Crippen molar-refractivity contribution in [1.82, 2.24) is 14.6 Å². The van der Waals surface area contributed by atoms with E-state index in [9.17, 15) is 13.2 Å². The maximum absolute atomic E-state index is 12.8. The van der Waals surface area contributed by atoms with E-state index in [0.717, 1.165) is 24.8 Å². The fourth-order valence-corrected chi connectivity index (χ4v) is 4.62. The molecule has 8 heteroatoms. The number of aromatic nitrogens is 1. The molecule has 26 heavy (non-hydrogen) atoms. The van der Waals surface area contributed by atoms with E-state index in [1.807, 2.05) is 0 Å². The SMILES string of the molecule is O=C(NCc1ccncc1)c1cc(S(=O)(=O)N2CCCCC2)ccc1Cl. The number of nitrogens with zero attached hydrogens (tertiary/aromatic N) is 2. The van der Waals surface area contributed by atoms with Crippen molar-refractivity contribution >= 4 is 27.5 Å². The van der Waals surface area contributed by atoms with Gasteiger partial charge < -0.3 is 5.32 Å². The summed E-state index contributed by atoms with van der Waals surface area (Å²) < 4.78 is 27.1. The molecule has 2 heterocycles. The Balaban J connectivity index is 1.79. The van der Waals surface area contributed by atoms with Crippen LogP contribution in [0.25, 0.3) is 0 Å². The van der Waals surface area contributed by atoms with Gasteiger partial charge in [-0.2, -0.15) is 4.31 Å². The Morgan fingerprint density at radius 2 is 1.81 bits per heavy atom. The minimum absolute atomic E-state index is 0.0952. The molecular weight excluding hydrogens is 374 g/mol. The zero-order valence-electron chi connectivity index (χ0n) is 14.2. The molecule has 0 bridgehead atoms. The molecule has 1 aliphatic heterocycles. The topological polar surface area (TPSA) is 79.4 Å². The Morgan fingerprint density at radius 3 is 2.50 bits per heavy atom. The Morgan fingerprint density at radius 1 is 1.12 bits per heavy atom. The lowest BCUT2D eigenvalue weighted by Gasteiger charge is -2.26. The first-order valence-corrected chi connectivity index (χ1v) is 10.3. The Labute approximate surface area is 158 Å². The van der Waals surface area contributed by atoms with Gasteiger partial charge >= 0.3 is 0 Å². The van der Waals surface area contributed by atoms with Gasteiger partial charge in [-0.3, -0.25) is 9.78 Å². The van der Waals surface area contributed by atoms with Gasteiger partial charge in [-0.1, -0.05) is 18.0 Å². The second kappa shape index (κ2) is 8.16. The van der Waals surface area contributed by atoms with Crippen LogP contribution >= 0.6 is 11.6 Å². The lowest BCUT2D eigenvalue weighted by molar-refractivity contribution is 0.0951. The summed E-state index contributed by atoms with van der Waals surface area (Å²) in [5.74, 6) is -0.414. The van der Waals surface area contributed by atoms with E-state index < -0.39 is 15.9 Å². The van der Waals surface area contributed by atoms with Gasteiger partial charge in [0.05, 0.1) is 15.5 Å². The minimum Gasteiger partial charge on any atom is -0.348 e. The highest BCUT2D eigenvalue weighted by atomic mass is 35.5. The third kappa shape index (κ3) is 4.23. The summed E-state index contributed by atoms with van der Waals surface area (Å²) in [5, 5.41) is 2.97. The van der Waals surface area contributed by atoms with E-state index in [0.29, 0.717) is 19.6 Å². The minimum atomic E-state index is -3.62. The zero-order chi connectivity index (χ0) is 18.6. The number of carbonyl (C=O) groups is 1. The van der Waals surface area contributed by atoms with Crippen molar-refractivity contribution in [3.8, 4) is 0 Å². The summed E-state index contributed by atoms with van der Waals surface area (Å²) in [5.41, 5.74) is 1.04. The van der Waals surface area contributed by atoms with E-state index in [1.54, 1.807) is 24.5 Å². The predicted molar refractivity (Wildman–Crippen MR) is 99.5 cm³/mol. The summed E-state index contributed by atoms with van der Waals surface area (Å²) in [4.78, 5) is 16.5. The molecule has 0 saturated carbocycles. The number of pyridine rings is 1. The summed E-state index contributed by atoms with van der Waals surface area (Å²) in [6.45, 7) is 1.32. The van der Waals surface area contributed by atoms with Gasteiger partial charge in [0.15, 0.2) is 0 Å². The first kappa shape index (κ1) is 18.8. The van der Waals surface area contributed by atoms with Gasteiger partial charge in [-0.25, -0.2) is 8.42 Å². The number of sulfonamides is 1. The van der Waals surface area contributed by atoms with Gasteiger partial charge in [0.25, 0.3) is 5.91 Å². The quantitative estimate of drug-likeness (QED) is 0.847. The molecule has 1 N–H and O–H groups in total. The number of nitrogens with one attached hydrogen (secondary N) is 1. The molecule has 1 saturated heterocycles.